The lowest BCUT2D eigenvalue weighted by Crippen LogP contribution is -2.38. The van der Waals surface area contributed by atoms with Gasteiger partial charge in [-0.2, -0.15) is 0 Å². The molecule has 94 valence electrons. The van der Waals surface area contributed by atoms with Gasteiger partial charge in [-0.15, -0.1) is 0 Å². The minimum atomic E-state index is 0.694. The number of hydrogen-bond acceptors (Lipinski definition) is 2. The second kappa shape index (κ2) is 6.74. The van der Waals surface area contributed by atoms with Crippen LogP contribution in [0.1, 0.15) is 32.1 Å². The fourth-order valence-electron chi connectivity index (χ4n) is 2.58. The molecule has 1 aromatic rings. The Labute approximate surface area is 120 Å². The summed E-state index contributed by atoms with van der Waals surface area (Å²) in [5, 5.41) is 1.01. The molecule has 2 rings (SSSR count). The number of alkyl halides is 1. The van der Waals surface area contributed by atoms with E-state index in [9.17, 15) is 0 Å². The smallest absolute Gasteiger partial charge is 0.0592 e. The predicted molar refractivity (Wildman–Crippen MR) is 80.0 cm³/mol. The molecular formula is C13H18Br2N2. The number of nitrogens with zero attached hydrogens (tertiary/aromatic N) is 2. The SMILES string of the molecule is BrCCN(c1ccncc1Br)C1CCCCC1. The highest BCUT2D eigenvalue weighted by Crippen LogP contribution is 2.31. The topological polar surface area (TPSA) is 16.1 Å². The third-order valence-corrected chi connectivity index (χ3v) is 4.37. The molecule has 17 heavy (non-hydrogen) atoms. The molecule has 0 amide bonds. The molecule has 0 aromatic carbocycles. The maximum Gasteiger partial charge on any atom is 0.0592 e. The molecule has 1 aliphatic carbocycles. The molecule has 1 aliphatic rings. The molecule has 1 saturated carbocycles. The largest absolute Gasteiger partial charge is 0.367 e. The van der Waals surface area contributed by atoms with Crippen molar-refractivity contribution >= 4 is 37.5 Å². The minimum Gasteiger partial charge on any atom is -0.367 e. The maximum atomic E-state index is 4.15. The number of hydrogen-bond donors (Lipinski definition) is 0. The van der Waals surface area contributed by atoms with Gasteiger partial charge in [0.15, 0.2) is 0 Å². The zero-order chi connectivity index (χ0) is 12.1. The van der Waals surface area contributed by atoms with Gasteiger partial charge in [-0.1, -0.05) is 35.2 Å². The molecule has 1 heterocycles. The first kappa shape index (κ1) is 13.3. The highest BCUT2D eigenvalue weighted by molar-refractivity contribution is 9.10. The van der Waals surface area contributed by atoms with Crippen LogP contribution < -0.4 is 4.90 Å². The van der Waals surface area contributed by atoms with Crippen LogP contribution in [0.25, 0.3) is 0 Å². The third-order valence-electron chi connectivity index (χ3n) is 3.40. The lowest BCUT2D eigenvalue weighted by molar-refractivity contribution is 0.418. The normalized spacial score (nSPS) is 17.1. The first-order chi connectivity index (χ1) is 8.33. The Bertz CT molecular complexity index is 351. The summed E-state index contributed by atoms with van der Waals surface area (Å²) < 4.78 is 1.10. The molecule has 0 saturated heterocycles. The van der Waals surface area contributed by atoms with Crippen molar-refractivity contribution in [1.29, 1.82) is 0 Å². The van der Waals surface area contributed by atoms with Crippen LogP contribution in [0, 0.1) is 0 Å². The fraction of sp³-hybridized carbons (Fsp3) is 0.615. The molecule has 0 bridgehead atoms. The molecule has 0 radical (unpaired) electrons. The van der Waals surface area contributed by atoms with Gasteiger partial charge in [-0.3, -0.25) is 4.98 Å². The van der Waals surface area contributed by atoms with Crippen molar-refractivity contribution in [1.82, 2.24) is 4.98 Å². The zero-order valence-corrected chi connectivity index (χ0v) is 13.1. The summed E-state index contributed by atoms with van der Waals surface area (Å²) in [7, 11) is 0. The molecule has 1 fully saturated rings. The van der Waals surface area contributed by atoms with Gasteiger partial charge in [0, 0.05) is 30.3 Å². The van der Waals surface area contributed by atoms with Crippen LogP contribution in [0.4, 0.5) is 5.69 Å². The third kappa shape index (κ3) is 3.44. The van der Waals surface area contributed by atoms with E-state index in [4.69, 9.17) is 0 Å². The number of rotatable bonds is 4. The van der Waals surface area contributed by atoms with Crippen molar-refractivity contribution in [2.24, 2.45) is 0 Å². The average molecular weight is 362 g/mol. The van der Waals surface area contributed by atoms with E-state index >= 15 is 0 Å². The second-order valence-electron chi connectivity index (χ2n) is 4.50. The van der Waals surface area contributed by atoms with Crippen molar-refractivity contribution in [2.45, 2.75) is 38.1 Å². The Kier molecular flexibility index (Phi) is 5.29. The van der Waals surface area contributed by atoms with Crippen molar-refractivity contribution in [3.8, 4) is 0 Å². The molecule has 0 atom stereocenters. The van der Waals surface area contributed by atoms with Gasteiger partial charge in [0.2, 0.25) is 0 Å². The second-order valence-corrected chi connectivity index (χ2v) is 6.15. The highest BCUT2D eigenvalue weighted by atomic mass is 79.9. The van der Waals surface area contributed by atoms with E-state index in [1.165, 1.54) is 37.8 Å². The Hall–Kier alpha value is -0.0900. The standard InChI is InChI=1S/C13H18Br2N2/c14-7-9-17(11-4-2-1-3-5-11)13-6-8-16-10-12(13)15/h6,8,10-11H,1-5,7,9H2. The lowest BCUT2D eigenvalue weighted by atomic mass is 9.94. The van der Waals surface area contributed by atoms with Gasteiger partial charge >= 0.3 is 0 Å². The number of pyridine rings is 1. The highest BCUT2D eigenvalue weighted by Gasteiger charge is 2.22. The van der Waals surface area contributed by atoms with Crippen LogP contribution in [0.3, 0.4) is 0 Å². The maximum absolute atomic E-state index is 4.15. The van der Waals surface area contributed by atoms with Crippen LogP contribution in [0.5, 0.6) is 0 Å². The molecule has 4 heteroatoms. The monoisotopic (exact) mass is 360 g/mol. The first-order valence-electron chi connectivity index (χ1n) is 6.25. The number of halogens is 2. The summed E-state index contributed by atoms with van der Waals surface area (Å²) in [6, 6.07) is 2.81. The Morgan fingerprint density at radius 3 is 2.71 bits per heavy atom. The van der Waals surface area contributed by atoms with Crippen molar-refractivity contribution in [2.75, 3.05) is 16.8 Å². The van der Waals surface area contributed by atoms with Crippen LogP contribution in [-0.2, 0) is 0 Å². The summed E-state index contributed by atoms with van der Waals surface area (Å²) in [6.07, 6.45) is 10.5. The van der Waals surface area contributed by atoms with Crippen LogP contribution in [-0.4, -0.2) is 22.9 Å². The van der Waals surface area contributed by atoms with E-state index in [0.29, 0.717) is 6.04 Å². The Balaban J connectivity index is 2.18. The molecule has 0 unspecified atom stereocenters. The van der Waals surface area contributed by atoms with E-state index in [1.807, 2.05) is 12.4 Å². The molecule has 1 aromatic heterocycles. The van der Waals surface area contributed by atoms with Gasteiger partial charge in [0.1, 0.15) is 0 Å². The number of aromatic nitrogens is 1. The van der Waals surface area contributed by atoms with E-state index in [1.54, 1.807) is 0 Å². The van der Waals surface area contributed by atoms with Crippen molar-refractivity contribution in [3.63, 3.8) is 0 Å². The molecule has 2 nitrogen and oxygen atoms in total. The van der Waals surface area contributed by atoms with Crippen molar-refractivity contribution < 1.29 is 0 Å². The fourth-order valence-corrected chi connectivity index (χ4v) is 3.44. The Morgan fingerprint density at radius 2 is 2.06 bits per heavy atom. The summed E-state index contributed by atoms with van der Waals surface area (Å²) in [5.74, 6) is 0. The molecular weight excluding hydrogens is 344 g/mol. The zero-order valence-electron chi connectivity index (χ0n) is 9.91. The molecule has 0 aliphatic heterocycles. The summed E-state index contributed by atoms with van der Waals surface area (Å²) in [6.45, 7) is 1.06. The van der Waals surface area contributed by atoms with Gasteiger partial charge in [0.05, 0.1) is 10.2 Å². The average Bonchev–Trinajstić information content (AvgIpc) is 2.38. The van der Waals surface area contributed by atoms with Gasteiger partial charge < -0.3 is 4.90 Å². The van der Waals surface area contributed by atoms with Gasteiger partial charge in [-0.25, -0.2) is 0 Å². The number of anilines is 1. The first-order valence-corrected chi connectivity index (χ1v) is 8.16. The Morgan fingerprint density at radius 1 is 1.29 bits per heavy atom. The minimum absolute atomic E-state index is 0.694. The van der Waals surface area contributed by atoms with E-state index in [0.717, 1.165) is 16.3 Å². The summed E-state index contributed by atoms with van der Waals surface area (Å²) in [5.41, 5.74) is 1.28. The van der Waals surface area contributed by atoms with E-state index in [2.05, 4.69) is 47.8 Å². The van der Waals surface area contributed by atoms with E-state index < -0.39 is 0 Å². The quantitative estimate of drug-likeness (QED) is 0.740. The lowest BCUT2D eigenvalue weighted by Gasteiger charge is -2.36. The summed E-state index contributed by atoms with van der Waals surface area (Å²) >= 11 is 7.18. The van der Waals surface area contributed by atoms with E-state index in [-0.39, 0.29) is 0 Å². The molecule has 0 N–H and O–H groups in total. The van der Waals surface area contributed by atoms with Crippen LogP contribution in [0.2, 0.25) is 0 Å². The summed E-state index contributed by atoms with van der Waals surface area (Å²) in [4.78, 5) is 6.67. The van der Waals surface area contributed by atoms with Gasteiger partial charge in [-0.05, 0) is 34.8 Å². The molecule has 0 spiro atoms. The van der Waals surface area contributed by atoms with Crippen molar-refractivity contribution in [3.05, 3.63) is 22.9 Å². The van der Waals surface area contributed by atoms with Gasteiger partial charge in [0.25, 0.3) is 0 Å². The van der Waals surface area contributed by atoms with Crippen LogP contribution >= 0.6 is 31.9 Å². The van der Waals surface area contributed by atoms with Crippen LogP contribution in [0.15, 0.2) is 22.9 Å². The predicted octanol–water partition coefficient (Wildman–Crippen LogP) is 4.38.